The highest BCUT2D eigenvalue weighted by molar-refractivity contribution is 5.89. The van der Waals surface area contributed by atoms with Crippen molar-refractivity contribution in [3.63, 3.8) is 0 Å². The van der Waals surface area contributed by atoms with Gasteiger partial charge in [-0.3, -0.25) is 0 Å². The molecule has 36 heavy (non-hydrogen) atoms. The van der Waals surface area contributed by atoms with Gasteiger partial charge < -0.3 is 30.1 Å². The first-order valence-corrected chi connectivity index (χ1v) is 12.9. The number of esters is 1. The number of benzene rings is 2. The van der Waals surface area contributed by atoms with Crippen LogP contribution in [0.4, 0.5) is 0 Å². The summed E-state index contributed by atoms with van der Waals surface area (Å²) in [5.41, 5.74) is 6.41. The minimum Gasteiger partial charge on any atom is -0.494 e. The average Bonchev–Trinajstić information content (AvgIpc) is 3.14. The van der Waals surface area contributed by atoms with Gasteiger partial charge in [0.25, 0.3) is 0 Å². The summed E-state index contributed by atoms with van der Waals surface area (Å²) in [6.07, 6.45) is 4.06. The molecule has 8 heteroatoms. The Morgan fingerprint density at radius 3 is 2.33 bits per heavy atom. The summed E-state index contributed by atoms with van der Waals surface area (Å²) >= 11 is 0. The fourth-order valence-corrected chi connectivity index (χ4v) is 4.39. The molecule has 196 valence electrons. The maximum absolute atomic E-state index is 12.7. The highest BCUT2D eigenvalue weighted by Gasteiger charge is 2.19. The van der Waals surface area contributed by atoms with E-state index in [1.165, 1.54) is 12.1 Å². The molecule has 2 aromatic carbocycles. The average molecular weight is 498 g/mol. The monoisotopic (exact) mass is 497 g/mol. The number of ether oxygens (including phenoxy) is 2. The Morgan fingerprint density at radius 1 is 0.889 bits per heavy atom. The largest absolute Gasteiger partial charge is 0.494 e. The summed E-state index contributed by atoms with van der Waals surface area (Å²) in [5, 5.41) is 9.15. The smallest absolute Gasteiger partial charge is 0.338 e. The number of carboxylic acid groups (broad SMARTS) is 1. The zero-order valence-electron chi connectivity index (χ0n) is 21.0. The Morgan fingerprint density at radius 2 is 1.61 bits per heavy atom. The van der Waals surface area contributed by atoms with Gasteiger partial charge >= 0.3 is 11.9 Å². The molecule has 0 spiro atoms. The first-order valence-electron chi connectivity index (χ1n) is 12.9. The second kappa shape index (κ2) is 15.2. The van der Waals surface area contributed by atoms with Gasteiger partial charge in [-0.2, -0.15) is 0 Å². The fourth-order valence-electron chi connectivity index (χ4n) is 4.39. The van der Waals surface area contributed by atoms with Crippen LogP contribution < -0.4 is 10.5 Å². The van der Waals surface area contributed by atoms with Crippen LogP contribution in [0.25, 0.3) is 0 Å². The Kier molecular flexibility index (Phi) is 11.7. The minimum absolute atomic E-state index is 0.196. The Balaban J connectivity index is 1.51. The molecule has 0 bridgehead atoms. The lowest BCUT2D eigenvalue weighted by molar-refractivity contribution is 0.0222. The number of carbonyl (C=O) groups is 2. The SMILES string of the molecule is NCCCN1CCCN(CCC(CCCOc2cccc(C(=O)O)c2)OC(=O)c2ccccc2)CC1. The van der Waals surface area contributed by atoms with Crippen molar-refractivity contribution in [3.05, 3.63) is 65.7 Å². The van der Waals surface area contributed by atoms with E-state index in [0.29, 0.717) is 30.8 Å². The van der Waals surface area contributed by atoms with Crippen LogP contribution in [-0.2, 0) is 4.74 Å². The maximum Gasteiger partial charge on any atom is 0.338 e. The molecular weight excluding hydrogens is 458 g/mol. The van der Waals surface area contributed by atoms with Crippen LogP contribution in [0.15, 0.2) is 54.6 Å². The quantitative estimate of drug-likeness (QED) is 0.302. The summed E-state index contributed by atoms with van der Waals surface area (Å²) in [6, 6.07) is 15.5. The van der Waals surface area contributed by atoms with Crippen molar-refractivity contribution in [2.75, 3.05) is 52.4 Å². The van der Waals surface area contributed by atoms with Gasteiger partial charge in [0.1, 0.15) is 11.9 Å². The lowest BCUT2D eigenvalue weighted by Gasteiger charge is -2.24. The predicted octanol–water partition coefficient (Wildman–Crippen LogP) is 3.52. The predicted molar refractivity (Wildman–Crippen MR) is 140 cm³/mol. The number of aromatic carboxylic acids is 1. The standard InChI is InChI=1S/C28H39N3O5/c29-14-6-15-30-16-7-17-31(20-19-30)18-13-25(36-28(34)23-8-2-1-3-9-23)12-5-21-35-26-11-4-10-24(22-26)27(32)33/h1-4,8-11,22,25H,5-7,12-21,29H2,(H,32,33). The topological polar surface area (TPSA) is 105 Å². The first kappa shape index (κ1) is 27.6. The molecule has 3 N–H and O–H groups in total. The summed E-state index contributed by atoms with van der Waals surface area (Å²) < 4.78 is 11.7. The summed E-state index contributed by atoms with van der Waals surface area (Å²) in [6.45, 7) is 7.26. The number of hydrogen-bond acceptors (Lipinski definition) is 7. The van der Waals surface area contributed by atoms with Gasteiger partial charge in [0, 0.05) is 19.6 Å². The van der Waals surface area contributed by atoms with E-state index in [1.807, 2.05) is 18.2 Å². The Labute approximate surface area is 214 Å². The van der Waals surface area contributed by atoms with Crippen LogP contribution in [-0.4, -0.2) is 85.4 Å². The van der Waals surface area contributed by atoms with Crippen molar-refractivity contribution in [1.82, 2.24) is 9.80 Å². The number of nitrogens with zero attached hydrogens (tertiary/aromatic N) is 2. The number of carboxylic acids is 1. The van der Waals surface area contributed by atoms with Crippen molar-refractivity contribution >= 4 is 11.9 Å². The molecule has 0 radical (unpaired) electrons. The van der Waals surface area contributed by atoms with Crippen LogP contribution in [0.3, 0.4) is 0 Å². The molecule has 1 unspecified atom stereocenters. The third-order valence-electron chi connectivity index (χ3n) is 6.43. The van der Waals surface area contributed by atoms with Gasteiger partial charge in [0.2, 0.25) is 0 Å². The molecule has 8 nitrogen and oxygen atoms in total. The molecule has 2 aromatic rings. The fraction of sp³-hybridized carbons (Fsp3) is 0.500. The molecule has 1 saturated heterocycles. The van der Waals surface area contributed by atoms with Crippen LogP contribution in [0.1, 0.15) is 52.8 Å². The van der Waals surface area contributed by atoms with E-state index in [2.05, 4.69) is 9.80 Å². The molecule has 0 aromatic heterocycles. The van der Waals surface area contributed by atoms with Crippen molar-refractivity contribution in [1.29, 1.82) is 0 Å². The van der Waals surface area contributed by atoms with E-state index in [9.17, 15) is 9.59 Å². The Bertz CT molecular complexity index is 940. The molecule has 0 amide bonds. The first-order chi connectivity index (χ1) is 17.5. The van der Waals surface area contributed by atoms with Gasteiger partial charge in [-0.1, -0.05) is 24.3 Å². The molecule has 1 atom stereocenters. The maximum atomic E-state index is 12.7. The molecule has 1 fully saturated rings. The van der Waals surface area contributed by atoms with E-state index in [-0.39, 0.29) is 17.6 Å². The van der Waals surface area contributed by atoms with Gasteiger partial charge in [0.05, 0.1) is 17.7 Å². The third-order valence-corrected chi connectivity index (χ3v) is 6.43. The molecule has 0 aliphatic carbocycles. The highest BCUT2D eigenvalue weighted by Crippen LogP contribution is 2.17. The summed E-state index contributed by atoms with van der Waals surface area (Å²) in [7, 11) is 0. The van der Waals surface area contributed by atoms with Crippen LogP contribution >= 0.6 is 0 Å². The van der Waals surface area contributed by atoms with E-state index in [0.717, 1.165) is 65.1 Å². The minimum atomic E-state index is -0.982. The molecule has 1 heterocycles. The highest BCUT2D eigenvalue weighted by atomic mass is 16.5. The second-order valence-electron chi connectivity index (χ2n) is 9.18. The zero-order chi connectivity index (χ0) is 25.6. The van der Waals surface area contributed by atoms with Crippen LogP contribution in [0.5, 0.6) is 5.75 Å². The van der Waals surface area contributed by atoms with E-state index >= 15 is 0 Å². The summed E-state index contributed by atoms with van der Waals surface area (Å²) in [5.74, 6) is -0.764. The van der Waals surface area contributed by atoms with Crippen LogP contribution in [0.2, 0.25) is 0 Å². The number of rotatable bonds is 14. The lowest BCUT2D eigenvalue weighted by atomic mass is 10.1. The number of carbonyl (C=O) groups excluding carboxylic acids is 1. The van der Waals surface area contributed by atoms with Gasteiger partial charge in [0.15, 0.2) is 0 Å². The van der Waals surface area contributed by atoms with Gasteiger partial charge in [-0.25, -0.2) is 9.59 Å². The van der Waals surface area contributed by atoms with Crippen molar-refractivity contribution in [2.24, 2.45) is 5.73 Å². The van der Waals surface area contributed by atoms with Crippen molar-refractivity contribution in [2.45, 2.75) is 38.2 Å². The molecule has 1 aliphatic rings. The normalized spacial score (nSPS) is 15.7. The number of nitrogens with two attached hydrogens (primary N) is 1. The van der Waals surface area contributed by atoms with Gasteiger partial charge in [-0.15, -0.1) is 0 Å². The van der Waals surface area contributed by atoms with E-state index in [4.69, 9.17) is 20.3 Å². The summed E-state index contributed by atoms with van der Waals surface area (Å²) in [4.78, 5) is 28.8. The van der Waals surface area contributed by atoms with E-state index in [1.54, 1.807) is 24.3 Å². The molecular formula is C28H39N3O5. The van der Waals surface area contributed by atoms with E-state index < -0.39 is 5.97 Å². The molecule has 1 aliphatic heterocycles. The van der Waals surface area contributed by atoms with Crippen LogP contribution in [0, 0.1) is 0 Å². The molecule has 0 saturated carbocycles. The van der Waals surface area contributed by atoms with Crippen molar-refractivity contribution < 1.29 is 24.2 Å². The Hall–Kier alpha value is -2.94. The molecule has 3 rings (SSSR count). The van der Waals surface area contributed by atoms with Gasteiger partial charge in [-0.05, 0) is 88.6 Å². The van der Waals surface area contributed by atoms with Crippen molar-refractivity contribution in [3.8, 4) is 5.75 Å². The second-order valence-corrected chi connectivity index (χ2v) is 9.18. The third kappa shape index (κ3) is 9.60. The lowest BCUT2D eigenvalue weighted by Crippen LogP contribution is -2.34. The zero-order valence-corrected chi connectivity index (χ0v) is 21.0. The number of hydrogen-bond donors (Lipinski definition) is 2.